The Labute approximate surface area is 124 Å². The van der Waals surface area contributed by atoms with E-state index in [4.69, 9.17) is 0 Å². The zero-order valence-corrected chi connectivity index (χ0v) is 11.4. The van der Waals surface area contributed by atoms with E-state index in [2.05, 4.69) is 0 Å². The highest BCUT2D eigenvalue weighted by molar-refractivity contribution is 5.37. The van der Waals surface area contributed by atoms with Crippen molar-refractivity contribution in [3.8, 4) is 0 Å². The summed E-state index contributed by atoms with van der Waals surface area (Å²) in [7, 11) is 0. The first kappa shape index (κ1) is 19.1. The lowest BCUT2D eigenvalue weighted by atomic mass is 9.83. The minimum Gasteiger partial charge on any atom is -0.385 e. The van der Waals surface area contributed by atoms with Crippen molar-refractivity contribution in [2.24, 2.45) is 0 Å². The van der Waals surface area contributed by atoms with Crippen LogP contribution in [0, 0.1) is 10.1 Å². The maximum atomic E-state index is 13.7. The molecule has 0 fully saturated rings. The summed E-state index contributed by atoms with van der Waals surface area (Å²) in [6.07, 6.45) is -15.0. The molecule has 1 aromatic rings. The number of alkyl halides is 7. The molecule has 0 aliphatic rings. The highest BCUT2D eigenvalue weighted by atomic mass is 19.4. The lowest BCUT2D eigenvalue weighted by Crippen LogP contribution is -2.56. The molecule has 130 valence electrons. The Morgan fingerprint density at radius 2 is 1.57 bits per heavy atom. The third kappa shape index (κ3) is 3.71. The zero-order valence-electron chi connectivity index (χ0n) is 11.4. The fourth-order valence-electron chi connectivity index (χ4n) is 1.89. The average Bonchev–Trinajstić information content (AvgIpc) is 2.35. The summed E-state index contributed by atoms with van der Waals surface area (Å²) in [6, 6.07) is 3.30. The van der Waals surface area contributed by atoms with Gasteiger partial charge in [0.25, 0.3) is 5.69 Å². The normalized spacial score (nSPS) is 16.0. The molecular weight excluding hydrogens is 339 g/mol. The fourth-order valence-corrected chi connectivity index (χ4v) is 1.89. The van der Waals surface area contributed by atoms with Gasteiger partial charge in [0, 0.05) is 18.6 Å². The Balaban J connectivity index is 3.32. The summed E-state index contributed by atoms with van der Waals surface area (Å²) in [4.78, 5) is 9.61. The van der Waals surface area contributed by atoms with Crippen molar-refractivity contribution in [2.45, 2.75) is 37.0 Å². The van der Waals surface area contributed by atoms with Crippen molar-refractivity contribution in [3.05, 3.63) is 39.9 Å². The largest absolute Gasteiger partial charge is 0.431 e. The second kappa shape index (κ2) is 5.62. The molecule has 4 nitrogen and oxygen atoms in total. The quantitative estimate of drug-likeness (QED) is 0.507. The van der Waals surface area contributed by atoms with Gasteiger partial charge in [0.1, 0.15) is 0 Å². The molecule has 0 radical (unpaired) electrons. The molecule has 1 N–H and O–H groups in total. The van der Waals surface area contributed by atoms with Gasteiger partial charge >= 0.3 is 18.0 Å². The van der Waals surface area contributed by atoms with Gasteiger partial charge in [-0.2, -0.15) is 26.3 Å². The number of non-ortho nitro benzene ring substituents is 1. The third-order valence-corrected chi connectivity index (χ3v) is 3.17. The highest BCUT2D eigenvalue weighted by Gasteiger charge is 2.73. The molecule has 0 aliphatic carbocycles. The number of aliphatic hydroxyl groups is 1. The molecule has 0 aromatic heterocycles. The van der Waals surface area contributed by atoms with Gasteiger partial charge in [-0.05, 0) is 12.5 Å². The number of nitrogens with zero attached hydrogens (tertiary/aromatic N) is 1. The van der Waals surface area contributed by atoms with Crippen molar-refractivity contribution >= 4 is 5.69 Å². The van der Waals surface area contributed by atoms with E-state index in [1.165, 1.54) is 0 Å². The van der Waals surface area contributed by atoms with Gasteiger partial charge in [-0.15, -0.1) is 0 Å². The Morgan fingerprint density at radius 3 is 1.96 bits per heavy atom. The third-order valence-electron chi connectivity index (χ3n) is 3.17. The standard InChI is InChI=1S/C12H10F7NO3/c1-9(21,7-3-2-4-8(5-7)20(22)23)6-10(13,11(14,15)16)12(17,18)19/h2-5,21H,6H2,1H3. The summed E-state index contributed by atoms with van der Waals surface area (Å²) < 4.78 is 88.9. The molecule has 0 aliphatic heterocycles. The van der Waals surface area contributed by atoms with E-state index in [9.17, 15) is 46.0 Å². The van der Waals surface area contributed by atoms with Crippen molar-refractivity contribution < 1.29 is 40.8 Å². The van der Waals surface area contributed by atoms with Crippen LogP contribution >= 0.6 is 0 Å². The number of rotatable bonds is 4. The van der Waals surface area contributed by atoms with Gasteiger partial charge in [0.15, 0.2) is 0 Å². The first-order valence-corrected chi connectivity index (χ1v) is 5.91. The Kier molecular flexibility index (Phi) is 4.68. The van der Waals surface area contributed by atoms with E-state index in [1.807, 2.05) is 0 Å². The summed E-state index contributed by atoms with van der Waals surface area (Å²) in [6.45, 7) is 0.512. The molecular formula is C12H10F7NO3. The van der Waals surface area contributed by atoms with E-state index < -0.39 is 46.2 Å². The monoisotopic (exact) mass is 349 g/mol. The summed E-state index contributed by atoms with van der Waals surface area (Å²) in [5.41, 5.74) is -9.95. The zero-order chi connectivity index (χ0) is 18.3. The van der Waals surface area contributed by atoms with E-state index in [0.29, 0.717) is 13.0 Å². The second-order valence-electron chi connectivity index (χ2n) is 5.05. The Bertz CT molecular complexity index is 581. The molecule has 11 heteroatoms. The molecule has 1 rings (SSSR count). The summed E-state index contributed by atoms with van der Waals surface area (Å²) in [5, 5.41) is 20.5. The van der Waals surface area contributed by atoms with E-state index >= 15 is 0 Å². The van der Waals surface area contributed by atoms with Crippen LogP contribution in [-0.2, 0) is 5.60 Å². The molecule has 0 saturated heterocycles. The molecule has 0 amide bonds. The van der Waals surface area contributed by atoms with Crippen LogP contribution in [0.2, 0.25) is 0 Å². The van der Waals surface area contributed by atoms with Gasteiger partial charge in [0.2, 0.25) is 0 Å². The van der Waals surface area contributed by atoms with Gasteiger partial charge in [0.05, 0.1) is 10.5 Å². The average molecular weight is 349 g/mol. The molecule has 1 aromatic carbocycles. The van der Waals surface area contributed by atoms with Crippen LogP contribution in [0.4, 0.5) is 36.4 Å². The number of hydrogen-bond donors (Lipinski definition) is 1. The number of benzene rings is 1. The molecule has 0 spiro atoms. The predicted octanol–water partition coefficient (Wildman–Crippen LogP) is 4.03. The number of nitro benzene ring substituents is 1. The van der Waals surface area contributed by atoms with Gasteiger partial charge < -0.3 is 5.11 Å². The minimum absolute atomic E-state index is 0.512. The van der Waals surface area contributed by atoms with Crippen LogP contribution < -0.4 is 0 Å². The van der Waals surface area contributed by atoms with Gasteiger partial charge in [-0.3, -0.25) is 10.1 Å². The number of hydrogen-bond acceptors (Lipinski definition) is 3. The number of halogens is 7. The fraction of sp³-hybridized carbons (Fsp3) is 0.500. The Morgan fingerprint density at radius 1 is 1.09 bits per heavy atom. The molecule has 1 atom stereocenters. The molecule has 0 heterocycles. The van der Waals surface area contributed by atoms with Gasteiger partial charge in [-0.25, -0.2) is 4.39 Å². The minimum atomic E-state index is -6.32. The summed E-state index contributed by atoms with van der Waals surface area (Å²) in [5.74, 6) is 0. The van der Waals surface area contributed by atoms with Crippen molar-refractivity contribution in [2.75, 3.05) is 0 Å². The maximum Gasteiger partial charge on any atom is 0.431 e. The summed E-state index contributed by atoms with van der Waals surface area (Å²) >= 11 is 0. The molecule has 0 bridgehead atoms. The second-order valence-corrected chi connectivity index (χ2v) is 5.05. The lowest BCUT2D eigenvalue weighted by molar-refractivity contribution is -0.385. The number of nitro groups is 1. The predicted molar refractivity (Wildman–Crippen MR) is 63.2 cm³/mol. The Hall–Kier alpha value is -1.91. The van der Waals surface area contributed by atoms with Crippen LogP contribution in [0.15, 0.2) is 24.3 Å². The topological polar surface area (TPSA) is 63.4 Å². The SMILES string of the molecule is CC(O)(CC(F)(C(F)(F)F)C(F)(F)F)c1cccc([N+](=O)[O-])c1. The van der Waals surface area contributed by atoms with Crippen molar-refractivity contribution in [3.63, 3.8) is 0 Å². The first-order chi connectivity index (χ1) is 10.1. The van der Waals surface area contributed by atoms with Gasteiger partial charge in [-0.1, -0.05) is 12.1 Å². The first-order valence-electron chi connectivity index (χ1n) is 5.91. The van der Waals surface area contributed by atoms with E-state index in [1.54, 1.807) is 0 Å². The van der Waals surface area contributed by atoms with Crippen LogP contribution in [0.3, 0.4) is 0 Å². The maximum absolute atomic E-state index is 13.7. The lowest BCUT2D eigenvalue weighted by Gasteiger charge is -2.36. The molecule has 23 heavy (non-hydrogen) atoms. The molecule has 1 unspecified atom stereocenters. The van der Waals surface area contributed by atoms with Crippen LogP contribution in [0.5, 0.6) is 0 Å². The highest BCUT2D eigenvalue weighted by Crippen LogP contribution is 2.51. The van der Waals surface area contributed by atoms with Crippen LogP contribution in [-0.4, -0.2) is 28.1 Å². The van der Waals surface area contributed by atoms with E-state index in [0.717, 1.165) is 18.2 Å². The van der Waals surface area contributed by atoms with E-state index in [-0.39, 0.29) is 0 Å². The van der Waals surface area contributed by atoms with Crippen LogP contribution in [0.25, 0.3) is 0 Å². The molecule has 0 saturated carbocycles. The van der Waals surface area contributed by atoms with Crippen molar-refractivity contribution in [1.29, 1.82) is 0 Å². The smallest absolute Gasteiger partial charge is 0.385 e. The van der Waals surface area contributed by atoms with Crippen LogP contribution in [0.1, 0.15) is 18.9 Å². The van der Waals surface area contributed by atoms with Crippen molar-refractivity contribution in [1.82, 2.24) is 0 Å².